The van der Waals surface area contributed by atoms with Crippen LogP contribution in [0.5, 0.6) is 0 Å². The number of anilines is 2. The summed E-state index contributed by atoms with van der Waals surface area (Å²) in [6.45, 7) is 2.78. The molecule has 1 unspecified atom stereocenters. The van der Waals surface area contributed by atoms with Gasteiger partial charge in [0.15, 0.2) is 0 Å². The van der Waals surface area contributed by atoms with Crippen LogP contribution in [0.3, 0.4) is 0 Å². The highest BCUT2D eigenvalue weighted by Gasteiger charge is 2.45. The van der Waals surface area contributed by atoms with Crippen LogP contribution >= 0.6 is 15.9 Å². The van der Waals surface area contributed by atoms with Gasteiger partial charge in [-0.15, -0.1) is 0 Å². The van der Waals surface area contributed by atoms with Gasteiger partial charge in [-0.05, 0) is 90.8 Å². The normalized spacial score (nSPS) is 20.6. The number of aromatic nitrogens is 2. The molecule has 15 heteroatoms. The first kappa shape index (κ1) is 35.9. The van der Waals surface area contributed by atoms with Crippen LogP contribution in [0.1, 0.15) is 81.1 Å². The number of rotatable bonds is 12. The number of halogens is 1. The monoisotopic (exact) mass is 760 g/mol. The molecule has 0 bridgehead atoms. The number of carbonyl (C=O) groups is 5. The van der Waals surface area contributed by atoms with Crippen LogP contribution in [-0.2, 0) is 16.6 Å². The molecule has 3 aliphatic rings. The fourth-order valence-electron chi connectivity index (χ4n) is 7.02. The zero-order valence-corrected chi connectivity index (χ0v) is 30.1. The van der Waals surface area contributed by atoms with Crippen molar-refractivity contribution in [1.82, 2.24) is 30.2 Å². The molecule has 0 spiro atoms. The first-order valence-corrected chi connectivity index (χ1v) is 17.9. The zero-order chi connectivity index (χ0) is 36.2. The molecule has 268 valence electrons. The summed E-state index contributed by atoms with van der Waals surface area (Å²) >= 11 is 3.40. The Morgan fingerprint density at radius 2 is 1.71 bits per heavy atom. The van der Waals surface area contributed by atoms with E-state index in [1.165, 1.54) is 4.68 Å². The van der Waals surface area contributed by atoms with E-state index in [1.54, 1.807) is 31.4 Å². The summed E-state index contributed by atoms with van der Waals surface area (Å²) in [5.41, 5.74) is 3.23. The minimum absolute atomic E-state index is 0.0673. The lowest BCUT2D eigenvalue weighted by Gasteiger charge is -2.37. The Balaban J connectivity index is 0.934. The Bertz CT molecular complexity index is 1910. The van der Waals surface area contributed by atoms with Crippen LogP contribution < -0.4 is 26.8 Å². The number of aryl methyl sites for hydroxylation is 1. The van der Waals surface area contributed by atoms with E-state index in [0.717, 1.165) is 49.2 Å². The van der Waals surface area contributed by atoms with E-state index in [0.29, 0.717) is 34.5 Å². The van der Waals surface area contributed by atoms with E-state index < -0.39 is 29.7 Å². The van der Waals surface area contributed by atoms with Crippen molar-refractivity contribution in [3.05, 3.63) is 85.7 Å². The molecule has 0 saturated carbocycles. The predicted molar refractivity (Wildman–Crippen MR) is 194 cm³/mol. The fourth-order valence-corrected chi connectivity index (χ4v) is 7.49. The highest BCUT2D eigenvalue weighted by Crippen LogP contribution is 2.33. The van der Waals surface area contributed by atoms with Gasteiger partial charge in [-0.2, -0.15) is 5.10 Å². The Morgan fingerprint density at radius 1 is 0.941 bits per heavy atom. The molecule has 2 saturated heterocycles. The lowest BCUT2D eigenvalue weighted by Crippen LogP contribution is -2.54. The van der Waals surface area contributed by atoms with E-state index >= 15 is 0 Å². The summed E-state index contributed by atoms with van der Waals surface area (Å²) in [5.74, 6) is -2.01. The average molecular weight is 762 g/mol. The molecule has 0 radical (unpaired) electrons. The Kier molecular flexibility index (Phi) is 11.0. The van der Waals surface area contributed by atoms with Crippen molar-refractivity contribution in [3.63, 3.8) is 0 Å². The van der Waals surface area contributed by atoms with Gasteiger partial charge in [0.2, 0.25) is 11.8 Å². The molecule has 3 aliphatic heterocycles. The highest BCUT2D eigenvalue weighted by molar-refractivity contribution is 9.10. The number of carbonyl (C=O) groups excluding carboxylic acids is 5. The third kappa shape index (κ3) is 7.89. The second kappa shape index (κ2) is 15.6. The maximum absolute atomic E-state index is 13.3. The average Bonchev–Trinajstić information content (AvgIpc) is 3.37. The number of likely N-dealkylation sites (tertiary alicyclic amines) is 1. The van der Waals surface area contributed by atoms with Crippen LogP contribution in [0.25, 0.3) is 0 Å². The van der Waals surface area contributed by atoms with E-state index in [4.69, 9.17) is 0 Å². The molecular formula is C36H41BrN8O6. The third-order valence-corrected chi connectivity index (χ3v) is 10.4. The van der Waals surface area contributed by atoms with Gasteiger partial charge in [-0.3, -0.25) is 39.0 Å². The van der Waals surface area contributed by atoms with E-state index in [1.807, 2.05) is 24.3 Å². The number of fused-ring (bicyclic) bond motifs is 1. The molecule has 1 aromatic heterocycles. The molecule has 0 aliphatic carbocycles. The second-order valence-electron chi connectivity index (χ2n) is 13.3. The third-order valence-electron chi connectivity index (χ3n) is 9.64. The van der Waals surface area contributed by atoms with Crippen molar-refractivity contribution in [1.29, 1.82) is 0 Å². The summed E-state index contributed by atoms with van der Waals surface area (Å²) in [6, 6.07) is 11.9. The van der Waals surface area contributed by atoms with E-state index in [2.05, 4.69) is 54.2 Å². The molecule has 2 aromatic carbocycles. The maximum atomic E-state index is 13.3. The number of likely N-dealkylation sites (N-methyl/N-ethyl adjacent to an activating group) is 1. The van der Waals surface area contributed by atoms with Gasteiger partial charge in [0, 0.05) is 56.9 Å². The molecule has 6 rings (SSSR count). The van der Waals surface area contributed by atoms with Gasteiger partial charge in [0.1, 0.15) is 10.5 Å². The first-order chi connectivity index (χ1) is 24.5. The van der Waals surface area contributed by atoms with Crippen molar-refractivity contribution in [2.24, 2.45) is 7.05 Å². The lowest BCUT2D eigenvalue weighted by atomic mass is 9.87. The number of unbranched alkanes of at least 4 members (excludes halogenated alkanes) is 2. The van der Waals surface area contributed by atoms with Gasteiger partial charge in [0.25, 0.3) is 23.3 Å². The smallest absolute Gasteiger partial charge is 0.282 e. The van der Waals surface area contributed by atoms with E-state index in [-0.39, 0.29) is 47.4 Å². The summed E-state index contributed by atoms with van der Waals surface area (Å²) in [7, 11) is 3.69. The molecule has 4 N–H and O–H groups in total. The van der Waals surface area contributed by atoms with Crippen molar-refractivity contribution in [2.45, 2.75) is 56.5 Å². The molecule has 2 fully saturated rings. The SMILES string of the molecule is CN1C[C@H](Nc2cnn(C)c(=O)c2Br)C[C@H](c2ccc(C(=O)NCCCCCNc3cccc4c3C(=O)N(C3CCC(=O)NC3=O)C4=O)cc2)C1. The summed E-state index contributed by atoms with van der Waals surface area (Å²) < 4.78 is 1.75. The number of benzene rings is 2. The Labute approximate surface area is 303 Å². The minimum atomic E-state index is -1.01. The van der Waals surface area contributed by atoms with Crippen LogP contribution in [0.15, 0.2) is 57.9 Å². The molecule has 5 amide bonds. The van der Waals surface area contributed by atoms with Crippen molar-refractivity contribution in [3.8, 4) is 0 Å². The summed E-state index contributed by atoms with van der Waals surface area (Å²) in [4.78, 5) is 78.6. The van der Waals surface area contributed by atoms with Gasteiger partial charge in [0.05, 0.1) is 23.0 Å². The minimum Gasteiger partial charge on any atom is -0.384 e. The van der Waals surface area contributed by atoms with Crippen molar-refractivity contribution >= 4 is 56.8 Å². The van der Waals surface area contributed by atoms with Gasteiger partial charge < -0.3 is 20.9 Å². The number of amides is 5. The zero-order valence-electron chi connectivity index (χ0n) is 28.5. The fraction of sp³-hybridized carbons (Fsp3) is 0.417. The number of hydrogen-bond donors (Lipinski definition) is 4. The lowest BCUT2D eigenvalue weighted by molar-refractivity contribution is -0.136. The molecule has 51 heavy (non-hydrogen) atoms. The molecule has 4 heterocycles. The molecule has 3 atom stereocenters. The number of piperidine rings is 2. The Hall–Kier alpha value is -4.89. The van der Waals surface area contributed by atoms with Crippen LogP contribution in [0.2, 0.25) is 0 Å². The highest BCUT2D eigenvalue weighted by atomic mass is 79.9. The van der Waals surface area contributed by atoms with Crippen molar-refractivity contribution < 1.29 is 24.0 Å². The van der Waals surface area contributed by atoms with Gasteiger partial charge in [-0.25, -0.2) is 4.68 Å². The molecule has 14 nitrogen and oxygen atoms in total. The van der Waals surface area contributed by atoms with Gasteiger partial charge >= 0.3 is 0 Å². The topological polar surface area (TPSA) is 175 Å². The summed E-state index contributed by atoms with van der Waals surface area (Å²) in [5, 5.41) is 16.1. The van der Waals surface area contributed by atoms with Crippen LogP contribution in [-0.4, -0.2) is 94.4 Å². The molecular weight excluding hydrogens is 720 g/mol. The predicted octanol–water partition coefficient (Wildman–Crippen LogP) is 2.86. The van der Waals surface area contributed by atoms with E-state index in [9.17, 15) is 28.8 Å². The van der Waals surface area contributed by atoms with Crippen LogP contribution in [0.4, 0.5) is 11.4 Å². The summed E-state index contributed by atoms with van der Waals surface area (Å²) in [6.07, 6.45) is 5.06. The van der Waals surface area contributed by atoms with Gasteiger partial charge in [-0.1, -0.05) is 18.2 Å². The number of nitrogens with one attached hydrogen (secondary N) is 4. The largest absolute Gasteiger partial charge is 0.384 e. The van der Waals surface area contributed by atoms with Crippen molar-refractivity contribution in [2.75, 3.05) is 43.9 Å². The van der Waals surface area contributed by atoms with Crippen LogP contribution in [0, 0.1) is 0 Å². The standard InChI is InChI=1S/C36H41BrN8O6/c1-43-19-23(17-24(20-43)41-27-18-40-44(2)36(51)31(27)37)21-9-11-22(12-10-21)32(47)39-16-5-3-4-15-38-26-8-6-7-25-30(26)35(50)45(34(25)49)28-13-14-29(46)42-33(28)48/h6-12,18,23-24,28,38,41H,3-5,13-17,19-20H2,1-2H3,(H,39,47)(H,42,46,48)/t23-,24+,28?/m0/s1. The first-order valence-electron chi connectivity index (χ1n) is 17.1. The number of hydrogen-bond acceptors (Lipinski definition) is 10. The quantitative estimate of drug-likeness (QED) is 0.159. The number of nitrogens with zero attached hydrogens (tertiary/aromatic N) is 4. The molecule has 3 aromatic rings. The Morgan fingerprint density at radius 3 is 2.47 bits per heavy atom. The number of imide groups is 2. The maximum Gasteiger partial charge on any atom is 0.282 e. The second-order valence-corrected chi connectivity index (χ2v) is 14.1.